The maximum absolute atomic E-state index is 9.01. The Morgan fingerprint density at radius 2 is 2.12 bits per heavy atom. The molecule has 2 N–H and O–H groups in total. The highest BCUT2D eigenvalue weighted by Crippen LogP contribution is 2.22. The summed E-state index contributed by atoms with van der Waals surface area (Å²) in [5.41, 5.74) is 9.01. The van der Waals surface area contributed by atoms with Crippen molar-refractivity contribution >= 4 is 17.3 Å². The van der Waals surface area contributed by atoms with E-state index in [4.69, 9.17) is 22.6 Å². The average Bonchev–Trinajstić information content (AvgIpc) is 2.23. The van der Waals surface area contributed by atoms with Gasteiger partial charge in [-0.05, 0) is 37.1 Å². The molecule has 0 fully saturated rings. The molecular formula is C13H15ClN2. The molecule has 0 amide bonds. The standard InChI is InChI=1S/C13H15ClN2/c1-3-4-10(8-15)13(16)11-5-9(2)6-12(14)7-11/h5-7H,3-4,16H2,1-2H3/b13-10-. The molecule has 0 radical (unpaired) electrons. The molecular weight excluding hydrogens is 220 g/mol. The van der Waals surface area contributed by atoms with E-state index in [0.29, 0.717) is 22.7 Å². The predicted octanol–water partition coefficient (Wildman–Crippen LogP) is 3.64. The zero-order valence-electron chi connectivity index (χ0n) is 9.55. The van der Waals surface area contributed by atoms with Crippen LogP contribution in [0.3, 0.4) is 0 Å². The zero-order chi connectivity index (χ0) is 12.1. The number of nitriles is 1. The van der Waals surface area contributed by atoms with Crippen LogP contribution in [-0.4, -0.2) is 0 Å². The molecule has 0 saturated carbocycles. The van der Waals surface area contributed by atoms with Gasteiger partial charge in [0.1, 0.15) is 0 Å². The van der Waals surface area contributed by atoms with Gasteiger partial charge in [0.2, 0.25) is 0 Å². The van der Waals surface area contributed by atoms with E-state index in [1.54, 1.807) is 6.07 Å². The summed E-state index contributed by atoms with van der Waals surface area (Å²) in [7, 11) is 0. The van der Waals surface area contributed by atoms with Crippen molar-refractivity contribution in [3.05, 3.63) is 39.9 Å². The summed E-state index contributed by atoms with van der Waals surface area (Å²) >= 11 is 5.96. The predicted molar refractivity (Wildman–Crippen MR) is 67.8 cm³/mol. The lowest BCUT2D eigenvalue weighted by atomic mass is 10.0. The molecule has 0 spiro atoms. The molecule has 0 aliphatic rings. The maximum Gasteiger partial charge on any atom is 0.0968 e. The summed E-state index contributed by atoms with van der Waals surface area (Å²) in [6.45, 7) is 3.97. The minimum absolute atomic E-state index is 0.537. The Morgan fingerprint density at radius 1 is 1.44 bits per heavy atom. The van der Waals surface area contributed by atoms with Gasteiger partial charge in [-0.3, -0.25) is 0 Å². The van der Waals surface area contributed by atoms with Gasteiger partial charge in [-0.25, -0.2) is 0 Å². The normalized spacial score (nSPS) is 11.9. The van der Waals surface area contributed by atoms with E-state index < -0.39 is 0 Å². The van der Waals surface area contributed by atoms with Crippen LogP contribution in [0.15, 0.2) is 23.8 Å². The lowest BCUT2D eigenvalue weighted by Gasteiger charge is -2.07. The third-order valence-electron chi connectivity index (χ3n) is 2.31. The molecule has 0 aromatic heterocycles. The number of nitrogens with zero attached hydrogens (tertiary/aromatic N) is 1. The first kappa shape index (κ1) is 12.6. The van der Waals surface area contributed by atoms with E-state index in [9.17, 15) is 0 Å². The minimum atomic E-state index is 0.537. The van der Waals surface area contributed by atoms with Crippen LogP contribution in [0.5, 0.6) is 0 Å². The fourth-order valence-electron chi connectivity index (χ4n) is 1.57. The van der Waals surface area contributed by atoms with Crippen molar-refractivity contribution in [1.82, 2.24) is 0 Å². The Morgan fingerprint density at radius 3 is 2.62 bits per heavy atom. The van der Waals surface area contributed by atoms with Crippen molar-refractivity contribution in [2.75, 3.05) is 0 Å². The van der Waals surface area contributed by atoms with Crippen molar-refractivity contribution in [1.29, 1.82) is 5.26 Å². The van der Waals surface area contributed by atoms with E-state index in [1.807, 2.05) is 26.0 Å². The summed E-state index contributed by atoms with van der Waals surface area (Å²) in [4.78, 5) is 0. The second-order valence-corrected chi connectivity index (χ2v) is 4.21. The first-order valence-corrected chi connectivity index (χ1v) is 5.62. The average molecular weight is 235 g/mol. The number of rotatable bonds is 3. The Labute approximate surface area is 101 Å². The van der Waals surface area contributed by atoms with Crippen molar-refractivity contribution in [2.45, 2.75) is 26.7 Å². The molecule has 1 aromatic rings. The summed E-state index contributed by atoms with van der Waals surface area (Å²) in [5, 5.41) is 9.65. The van der Waals surface area contributed by atoms with Gasteiger partial charge in [-0.15, -0.1) is 0 Å². The van der Waals surface area contributed by atoms with Gasteiger partial charge in [0.25, 0.3) is 0 Å². The summed E-state index contributed by atoms with van der Waals surface area (Å²) < 4.78 is 0. The molecule has 0 saturated heterocycles. The van der Waals surface area contributed by atoms with Crippen LogP contribution in [0, 0.1) is 18.3 Å². The van der Waals surface area contributed by atoms with E-state index in [-0.39, 0.29) is 0 Å². The van der Waals surface area contributed by atoms with Gasteiger partial charge in [0.05, 0.1) is 17.3 Å². The fourth-order valence-corrected chi connectivity index (χ4v) is 1.86. The lowest BCUT2D eigenvalue weighted by Crippen LogP contribution is -2.01. The van der Waals surface area contributed by atoms with E-state index >= 15 is 0 Å². The lowest BCUT2D eigenvalue weighted by molar-refractivity contribution is 0.929. The van der Waals surface area contributed by atoms with Gasteiger partial charge >= 0.3 is 0 Å². The van der Waals surface area contributed by atoms with Gasteiger partial charge in [0.15, 0.2) is 0 Å². The van der Waals surface area contributed by atoms with E-state index in [0.717, 1.165) is 17.5 Å². The summed E-state index contributed by atoms with van der Waals surface area (Å²) in [6, 6.07) is 7.74. The van der Waals surface area contributed by atoms with Crippen molar-refractivity contribution < 1.29 is 0 Å². The third kappa shape index (κ3) is 3.01. The quantitative estimate of drug-likeness (QED) is 0.812. The molecule has 0 atom stereocenters. The molecule has 0 bridgehead atoms. The molecule has 0 unspecified atom stereocenters. The highest BCUT2D eigenvalue weighted by molar-refractivity contribution is 6.30. The highest BCUT2D eigenvalue weighted by atomic mass is 35.5. The Kier molecular flexibility index (Phi) is 4.39. The molecule has 2 nitrogen and oxygen atoms in total. The summed E-state index contributed by atoms with van der Waals surface area (Å²) in [5.74, 6) is 0. The van der Waals surface area contributed by atoms with Crippen molar-refractivity contribution in [3.63, 3.8) is 0 Å². The van der Waals surface area contributed by atoms with Crippen LogP contribution >= 0.6 is 11.6 Å². The molecule has 0 aliphatic carbocycles. The van der Waals surface area contributed by atoms with Gasteiger partial charge in [-0.1, -0.05) is 24.9 Å². The number of nitrogens with two attached hydrogens (primary N) is 1. The topological polar surface area (TPSA) is 49.8 Å². The van der Waals surface area contributed by atoms with E-state index in [2.05, 4.69) is 6.07 Å². The largest absolute Gasteiger partial charge is 0.397 e. The molecule has 3 heteroatoms. The Bertz CT molecular complexity index is 435. The van der Waals surface area contributed by atoms with Gasteiger partial charge < -0.3 is 5.73 Å². The number of benzene rings is 1. The van der Waals surface area contributed by atoms with Gasteiger partial charge in [0, 0.05) is 10.6 Å². The van der Waals surface area contributed by atoms with Crippen LogP contribution in [0.1, 0.15) is 30.9 Å². The number of aryl methyl sites for hydroxylation is 1. The van der Waals surface area contributed by atoms with E-state index in [1.165, 1.54) is 0 Å². The van der Waals surface area contributed by atoms with Crippen LogP contribution < -0.4 is 5.73 Å². The fraction of sp³-hybridized carbons (Fsp3) is 0.308. The van der Waals surface area contributed by atoms with Crippen LogP contribution in [0.2, 0.25) is 5.02 Å². The Balaban J connectivity index is 3.22. The number of halogens is 1. The number of hydrogen-bond donors (Lipinski definition) is 1. The smallest absolute Gasteiger partial charge is 0.0968 e. The number of hydrogen-bond acceptors (Lipinski definition) is 2. The molecule has 0 heterocycles. The number of allylic oxidation sites excluding steroid dienone is 1. The van der Waals surface area contributed by atoms with Gasteiger partial charge in [-0.2, -0.15) is 5.26 Å². The maximum atomic E-state index is 9.01. The first-order chi connectivity index (χ1) is 7.58. The third-order valence-corrected chi connectivity index (χ3v) is 2.53. The van der Waals surface area contributed by atoms with Crippen molar-refractivity contribution in [2.24, 2.45) is 5.73 Å². The SMILES string of the molecule is CCC/C(C#N)=C(/N)c1cc(C)cc(Cl)c1. The zero-order valence-corrected chi connectivity index (χ0v) is 10.3. The minimum Gasteiger partial charge on any atom is -0.397 e. The highest BCUT2D eigenvalue weighted by Gasteiger charge is 2.06. The summed E-state index contributed by atoms with van der Waals surface area (Å²) in [6.07, 6.45) is 1.61. The first-order valence-electron chi connectivity index (χ1n) is 5.24. The Hall–Kier alpha value is -1.46. The molecule has 16 heavy (non-hydrogen) atoms. The second-order valence-electron chi connectivity index (χ2n) is 3.77. The van der Waals surface area contributed by atoms with Crippen LogP contribution in [0.4, 0.5) is 0 Å². The van der Waals surface area contributed by atoms with Crippen LogP contribution in [-0.2, 0) is 0 Å². The molecule has 0 aliphatic heterocycles. The molecule has 1 aromatic carbocycles. The second kappa shape index (κ2) is 5.58. The van der Waals surface area contributed by atoms with Crippen LogP contribution in [0.25, 0.3) is 5.70 Å². The van der Waals surface area contributed by atoms with Crippen molar-refractivity contribution in [3.8, 4) is 6.07 Å². The molecule has 84 valence electrons. The molecule has 1 rings (SSSR count). The monoisotopic (exact) mass is 234 g/mol.